The highest BCUT2D eigenvalue weighted by atomic mass is 16.5. The second-order valence-electron chi connectivity index (χ2n) is 5.65. The van der Waals surface area contributed by atoms with Gasteiger partial charge in [0.2, 0.25) is 5.91 Å². The first-order valence-corrected chi connectivity index (χ1v) is 7.05. The van der Waals surface area contributed by atoms with Crippen LogP contribution in [0, 0.1) is 11.8 Å². The van der Waals surface area contributed by atoms with E-state index in [-0.39, 0.29) is 17.9 Å². The Bertz CT molecular complexity index is 306. The quantitative estimate of drug-likeness (QED) is 0.737. The number of rotatable bonds is 6. The molecule has 4 nitrogen and oxygen atoms in total. The van der Waals surface area contributed by atoms with E-state index < -0.39 is 0 Å². The standard InChI is InChI=1S/C14H23NO3/c1-18-14(17)9-12(11-6-7-11)15-13(16)8-10-4-2-3-5-10/h10-12H,2-9H2,1H3,(H,15,16)/t12-/m1/s1. The highest BCUT2D eigenvalue weighted by molar-refractivity contribution is 5.78. The molecule has 18 heavy (non-hydrogen) atoms. The lowest BCUT2D eigenvalue weighted by atomic mass is 10.0. The highest BCUT2D eigenvalue weighted by Crippen LogP contribution is 2.34. The van der Waals surface area contributed by atoms with Crippen molar-refractivity contribution in [1.82, 2.24) is 5.32 Å². The minimum atomic E-state index is -0.229. The van der Waals surface area contributed by atoms with Gasteiger partial charge >= 0.3 is 5.97 Å². The third-order valence-corrected chi connectivity index (χ3v) is 4.10. The minimum Gasteiger partial charge on any atom is -0.469 e. The first-order chi connectivity index (χ1) is 8.69. The molecule has 0 heterocycles. The van der Waals surface area contributed by atoms with Crippen molar-refractivity contribution in [2.45, 2.75) is 57.4 Å². The summed E-state index contributed by atoms with van der Waals surface area (Å²) in [6.45, 7) is 0. The van der Waals surface area contributed by atoms with E-state index >= 15 is 0 Å². The molecule has 2 aliphatic carbocycles. The average Bonchev–Trinajstić information content (AvgIpc) is 3.08. The van der Waals surface area contributed by atoms with Crippen LogP contribution < -0.4 is 5.32 Å². The number of hydrogen-bond acceptors (Lipinski definition) is 3. The number of amides is 1. The number of carbonyl (C=O) groups is 2. The summed E-state index contributed by atoms with van der Waals surface area (Å²) in [5.74, 6) is 0.926. The molecular formula is C14H23NO3. The Kier molecular flexibility index (Phi) is 4.61. The molecule has 0 aromatic carbocycles. The molecular weight excluding hydrogens is 230 g/mol. The monoisotopic (exact) mass is 253 g/mol. The first kappa shape index (κ1) is 13.4. The van der Waals surface area contributed by atoms with Crippen LogP contribution in [-0.2, 0) is 14.3 Å². The molecule has 2 rings (SSSR count). The largest absolute Gasteiger partial charge is 0.469 e. The van der Waals surface area contributed by atoms with E-state index in [4.69, 9.17) is 0 Å². The first-order valence-electron chi connectivity index (χ1n) is 7.05. The van der Waals surface area contributed by atoms with Gasteiger partial charge in [-0.05, 0) is 37.5 Å². The molecule has 1 N–H and O–H groups in total. The van der Waals surface area contributed by atoms with Crippen LogP contribution in [0.3, 0.4) is 0 Å². The van der Waals surface area contributed by atoms with Crippen LogP contribution in [0.5, 0.6) is 0 Å². The van der Waals surface area contributed by atoms with Gasteiger partial charge in [-0.3, -0.25) is 9.59 Å². The van der Waals surface area contributed by atoms with Gasteiger partial charge in [-0.1, -0.05) is 12.8 Å². The molecule has 4 heteroatoms. The van der Waals surface area contributed by atoms with E-state index in [0.29, 0.717) is 24.7 Å². The smallest absolute Gasteiger partial charge is 0.307 e. The van der Waals surface area contributed by atoms with Crippen molar-refractivity contribution in [1.29, 1.82) is 0 Å². The fraction of sp³-hybridized carbons (Fsp3) is 0.857. The van der Waals surface area contributed by atoms with Gasteiger partial charge in [-0.15, -0.1) is 0 Å². The van der Waals surface area contributed by atoms with Gasteiger partial charge in [0.25, 0.3) is 0 Å². The maximum Gasteiger partial charge on any atom is 0.307 e. The Balaban J connectivity index is 1.76. The fourth-order valence-electron chi connectivity index (χ4n) is 2.84. The van der Waals surface area contributed by atoms with E-state index in [9.17, 15) is 9.59 Å². The van der Waals surface area contributed by atoms with Gasteiger partial charge < -0.3 is 10.1 Å². The summed E-state index contributed by atoms with van der Waals surface area (Å²) in [6, 6.07) is -0.00801. The Morgan fingerprint density at radius 2 is 1.89 bits per heavy atom. The summed E-state index contributed by atoms with van der Waals surface area (Å²) >= 11 is 0. The molecule has 0 unspecified atom stereocenters. The predicted octanol–water partition coefficient (Wildman–Crippen LogP) is 2.02. The molecule has 0 aromatic rings. The van der Waals surface area contributed by atoms with E-state index in [1.165, 1.54) is 32.8 Å². The van der Waals surface area contributed by atoms with Crippen molar-refractivity contribution in [3.63, 3.8) is 0 Å². The number of carbonyl (C=O) groups excluding carboxylic acids is 2. The van der Waals surface area contributed by atoms with Crippen LogP contribution in [0.4, 0.5) is 0 Å². The van der Waals surface area contributed by atoms with Crippen LogP contribution in [0.25, 0.3) is 0 Å². The Morgan fingerprint density at radius 3 is 2.44 bits per heavy atom. The molecule has 0 aromatic heterocycles. The van der Waals surface area contributed by atoms with E-state index in [0.717, 1.165) is 12.8 Å². The predicted molar refractivity (Wildman–Crippen MR) is 67.9 cm³/mol. The lowest BCUT2D eigenvalue weighted by Gasteiger charge is -2.18. The van der Waals surface area contributed by atoms with Crippen LogP contribution in [0.15, 0.2) is 0 Å². The van der Waals surface area contributed by atoms with Crippen LogP contribution in [-0.4, -0.2) is 25.0 Å². The zero-order chi connectivity index (χ0) is 13.0. The maximum absolute atomic E-state index is 11.9. The molecule has 2 saturated carbocycles. The summed E-state index contributed by atoms with van der Waals surface area (Å²) in [6.07, 6.45) is 8.05. The van der Waals surface area contributed by atoms with Gasteiger partial charge in [-0.2, -0.15) is 0 Å². The van der Waals surface area contributed by atoms with Crippen LogP contribution >= 0.6 is 0 Å². The normalized spacial score (nSPS) is 21.6. The molecule has 0 radical (unpaired) electrons. The van der Waals surface area contributed by atoms with E-state index in [1.54, 1.807) is 0 Å². The highest BCUT2D eigenvalue weighted by Gasteiger charge is 2.34. The second-order valence-corrected chi connectivity index (χ2v) is 5.65. The molecule has 2 aliphatic rings. The number of methoxy groups -OCH3 is 1. The maximum atomic E-state index is 11.9. The van der Waals surface area contributed by atoms with Gasteiger partial charge in [0.15, 0.2) is 0 Å². The zero-order valence-electron chi connectivity index (χ0n) is 11.1. The third-order valence-electron chi connectivity index (χ3n) is 4.10. The third kappa shape index (κ3) is 4.00. The molecule has 1 atom stereocenters. The van der Waals surface area contributed by atoms with Gasteiger partial charge in [0.1, 0.15) is 0 Å². The van der Waals surface area contributed by atoms with Crippen molar-refractivity contribution in [2.75, 3.05) is 7.11 Å². The lowest BCUT2D eigenvalue weighted by molar-refractivity contribution is -0.141. The second kappa shape index (κ2) is 6.21. The van der Waals surface area contributed by atoms with Crippen molar-refractivity contribution in [2.24, 2.45) is 11.8 Å². The Morgan fingerprint density at radius 1 is 1.22 bits per heavy atom. The fourth-order valence-corrected chi connectivity index (χ4v) is 2.84. The minimum absolute atomic E-state index is 0.00801. The van der Waals surface area contributed by atoms with Crippen LogP contribution in [0.2, 0.25) is 0 Å². The van der Waals surface area contributed by atoms with Crippen LogP contribution in [0.1, 0.15) is 51.4 Å². The average molecular weight is 253 g/mol. The molecule has 0 aliphatic heterocycles. The summed E-state index contributed by atoms with van der Waals surface area (Å²) in [5, 5.41) is 3.03. The van der Waals surface area contributed by atoms with Crippen molar-refractivity contribution < 1.29 is 14.3 Å². The molecule has 2 fully saturated rings. The van der Waals surface area contributed by atoms with Gasteiger partial charge in [-0.25, -0.2) is 0 Å². The summed E-state index contributed by atoms with van der Waals surface area (Å²) < 4.78 is 4.68. The van der Waals surface area contributed by atoms with Crippen molar-refractivity contribution in [3.05, 3.63) is 0 Å². The Hall–Kier alpha value is -1.06. The molecule has 0 bridgehead atoms. The number of hydrogen-bond donors (Lipinski definition) is 1. The molecule has 0 saturated heterocycles. The van der Waals surface area contributed by atoms with Crippen molar-refractivity contribution in [3.8, 4) is 0 Å². The molecule has 102 valence electrons. The summed E-state index contributed by atoms with van der Waals surface area (Å²) in [5.41, 5.74) is 0. The zero-order valence-corrected chi connectivity index (χ0v) is 11.1. The van der Waals surface area contributed by atoms with E-state index in [1.807, 2.05) is 0 Å². The molecule has 1 amide bonds. The number of esters is 1. The van der Waals surface area contributed by atoms with E-state index in [2.05, 4.69) is 10.1 Å². The van der Waals surface area contributed by atoms with Crippen molar-refractivity contribution >= 4 is 11.9 Å². The van der Waals surface area contributed by atoms with Gasteiger partial charge in [0, 0.05) is 12.5 Å². The number of ether oxygens (including phenoxy) is 1. The SMILES string of the molecule is COC(=O)C[C@@H](NC(=O)CC1CCCC1)C1CC1. The Labute approximate surface area is 108 Å². The number of nitrogens with one attached hydrogen (secondary N) is 1. The van der Waals surface area contributed by atoms with Gasteiger partial charge in [0.05, 0.1) is 13.5 Å². The lowest BCUT2D eigenvalue weighted by Crippen LogP contribution is -2.38. The summed E-state index contributed by atoms with van der Waals surface area (Å²) in [7, 11) is 1.40. The summed E-state index contributed by atoms with van der Waals surface area (Å²) in [4.78, 5) is 23.3. The topological polar surface area (TPSA) is 55.4 Å². The molecule has 0 spiro atoms.